The second-order valence-electron chi connectivity index (χ2n) is 12.0. The van der Waals surface area contributed by atoms with Gasteiger partial charge in [-0.1, -0.05) is 18.2 Å². The third-order valence-electron chi connectivity index (χ3n) is 7.78. The predicted octanol–water partition coefficient (Wildman–Crippen LogP) is 2.97. The summed E-state index contributed by atoms with van der Waals surface area (Å²) in [7, 11) is 0. The average Bonchev–Trinajstić information content (AvgIpc) is 3.85. The first-order valence-corrected chi connectivity index (χ1v) is 15.3. The molecule has 0 spiro atoms. The van der Waals surface area contributed by atoms with Gasteiger partial charge in [0.05, 0.1) is 18.4 Å². The molecule has 0 radical (unpaired) electrons. The van der Waals surface area contributed by atoms with Gasteiger partial charge in [0, 0.05) is 24.4 Å². The number of carbonyl (C=O) groups excluding carboxylic acids is 1. The summed E-state index contributed by atoms with van der Waals surface area (Å²) >= 11 is 0. The van der Waals surface area contributed by atoms with Gasteiger partial charge in [-0.3, -0.25) is 4.98 Å². The molecule has 4 N–H and O–H groups in total. The lowest BCUT2D eigenvalue weighted by Crippen LogP contribution is -2.61. The van der Waals surface area contributed by atoms with Gasteiger partial charge in [0.2, 0.25) is 12.2 Å². The summed E-state index contributed by atoms with van der Waals surface area (Å²) in [6.07, 6.45) is -3.18. The number of benzene rings is 1. The van der Waals surface area contributed by atoms with Gasteiger partial charge in [0.15, 0.2) is 17.6 Å². The maximum absolute atomic E-state index is 13.1. The van der Waals surface area contributed by atoms with Crippen molar-refractivity contribution >= 4 is 5.97 Å². The predicted molar refractivity (Wildman–Crippen MR) is 160 cm³/mol. The van der Waals surface area contributed by atoms with Crippen LogP contribution >= 0.6 is 0 Å². The number of pyridine rings is 2. The van der Waals surface area contributed by atoms with Gasteiger partial charge in [-0.25, -0.2) is 9.78 Å². The van der Waals surface area contributed by atoms with E-state index in [1.54, 1.807) is 51.2 Å². The van der Waals surface area contributed by atoms with Gasteiger partial charge in [-0.05, 0) is 74.9 Å². The van der Waals surface area contributed by atoms with Gasteiger partial charge in [-0.2, -0.15) is 8.78 Å². The number of aromatic nitrogens is 2. The summed E-state index contributed by atoms with van der Waals surface area (Å²) in [6.45, 7) is 1.82. The van der Waals surface area contributed by atoms with Crippen LogP contribution < -0.4 is 14.2 Å². The fourth-order valence-corrected chi connectivity index (χ4v) is 5.11. The lowest BCUT2D eigenvalue weighted by molar-refractivity contribution is -0.273. The zero-order chi connectivity index (χ0) is 33.9. The molecule has 0 bridgehead atoms. The quantitative estimate of drug-likeness (QED) is 0.198. The molecule has 1 saturated heterocycles. The second kappa shape index (κ2) is 14.4. The van der Waals surface area contributed by atoms with E-state index in [0.717, 1.165) is 29.5 Å². The summed E-state index contributed by atoms with van der Waals surface area (Å²) in [5, 5.41) is 41.3. The van der Waals surface area contributed by atoms with Crippen molar-refractivity contribution in [1.82, 2.24) is 9.97 Å². The van der Waals surface area contributed by atoms with Crippen LogP contribution in [0.25, 0.3) is 0 Å². The fourth-order valence-electron chi connectivity index (χ4n) is 5.11. The Morgan fingerprint density at radius 2 is 1.70 bits per heavy atom. The minimum absolute atomic E-state index is 0.00497. The highest BCUT2D eigenvalue weighted by Gasteiger charge is 2.48. The topological polar surface area (TPSA) is 170 Å². The van der Waals surface area contributed by atoms with Crippen LogP contribution in [0.4, 0.5) is 8.78 Å². The molecule has 1 aliphatic carbocycles. The van der Waals surface area contributed by atoms with Gasteiger partial charge >= 0.3 is 12.6 Å². The van der Waals surface area contributed by atoms with Crippen molar-refractivity contribution in [3.8, 4) is 17.4 Å². The number of alkyl halides is 2. The number of carbonyl (C=O) groups is 1. The number of esters is 1. The van der Waals surface area contributed by atoms with Crippen LogP contribution in [0.5, 0.6) is 17.4 Å². The lowest BCUT2D eigenvalue weighted by Gasteiger charge is -2.38. The van der Waals surface area contributed by atoms with Crippen molar-refractivity contribution in [3.05, 3.63) is 77.2 Å². The molecule has 3 heterocycles. The van der Waals surface area contributed by atoms with Crippen molar-refractivity contribution in [2.24, 2.45) is 0 Å². The molecule has 12 nitrogen and oxygen atoms in total. The highest BCUT2D eigenvalue weighted by Crippen LogP contribution is 2.39. The van der Waals surface area contributed by atoms with E-state index in [-0.39, 0.29) is 36.0 Å². The molecule has 0 amide bonds. The van der Waals surface area contributed by atoms with Gasteiger partial charge in [0.25, 0.3) is 0 Å². The Labute approximate surface area is 269 Å². The van der Waals surface area contributed by atoms with E-state index in [1.807, 2.05) is 6.07 Å². The first-order valence-electron chi connectivity index (χ1n) is 15.3. The molecule has 5 rings (SSSR count). The molecule has 47 heavy (non-hydrogen) atoms. The van der Waals surface area contributed by atoms with Crippen molar-refractivity contribution in [1.29, 1.82) is 0 Å². The number of rotatable bonds is 13. The molecule has 2 aliphatic rings. The Morgan fingerprint density at radius 3 is 2.30 bits per heavy atom. The van der Waals surface area contributed by atoms with Crippen molar-refractivity contribution in [2.75, 3.05) is 6.61 Å². The number of aliphatic hydroxyl groups is 4. The number of halogens is 2. The zero-order valence-corrected chi connectivity index (χ0v) is 26.0. The SMILES string of the molecule is CCOC(=O)C1O[C@@H](Oc2ccc(C[C@H](c3ccc(C(C)(C)O)nc3)c3ccc(OC(F)F)c(OC4CC4)c3)cn2)C(O)[C@H](O)[C@@H]1O. The second-order valence-corrected chi connectivity index (χ2v) is 12.0. The Bertz CT molecular complexity index is 1500. The number of nitrogens with zero attached hydrogens (tertiary/aromatic N) is 2. The Hall–Kier alpha value is -3.95. The van der Waals surface area contributed by atoms with E-state index in [4.69, 9.17) is 23.7 Å². The molecule has 14 heteroatoms. The Kier molecular flexibility index (Phi) is 10.6. The third kappa shape index (κ3) is 8.51. The molecule has 2 unspecified atom stereocenters. The van der Waals surface area contributed by atoms with Crippen molar-refractivity contribution in [3.63, 3.8) is 0 Å². The average molecular weight is 661 g/mol. The first-order chi connectivity index (χ1) is 22.3. The van der Waals surface area contributed by atoms with Gasteiger partial charge < -0.3 is 44.1 Å². The molecule has 1 saturated carbocycles. The third-order valence-corrected chi connectivity index (χ3v) is 7.78. The molecule has 2 aromatic heterocycles. The molecule has 6 atom stereocenters. The highest BCUT2D eigenvalue weighted by molar-refractivity contribution is 5.75. The van der Waals surface area contributed by atoms with Crippen LogP contribution in [-0.4, -0.2) is 86.4 Å². The van der Waals surface area contributed by atoms with Crippen LogP contribution in [0.15, 0.2) is 54.9 Å². The van der Waals surface area contributed by atoms with Crippen LogP contribution in [0.3, 0.4) is 0 Å². The van der Waals surface area contributed by atoms with Crippen molar-refractivity contribution in [2.45, 2.75) is 95.0 Å². The smallest absolute Gasteiger partial charge is 0.387 e. The minimum atomic E-state index is -3.02. The normalized spacial score (nSPS) is 23.7. The Balaban J connectivity index is 1.39. The van der Waals surface area contributed by atoms with Gasteiger partial charge in [-0.15, -0.1) is 0 Å². The van der Waals surface area contributed by atoms with Crippen LogP contribution in [0, 0.1) is 0 Å². The number of ether oxygens (including phenoxy) is 5. The van der Waals surface area contributed by atoms with E-state index in [2.05, 4.69) is 9.97 Å². The number of hydrogen-bond acceptors (Lipinski definition) is 12. The summed E-state index contributed by atoms with van der Waals surface area (Å²) in [4.78, 5) is 21.0. The Morgan fingerprint density at radius 1 is 0.957 bits per heavy atom. The molecule has 1 aromatic carbocycles. The molecule has 2 fully saturated rings. The maximum Gasteiger partial charge on any atom is 0.387 e. The van der Waals surface area contributed by atoms with E-state index in [0.29, 0.717) is 12.1 Å². The fraction of sp³-hybridized carbons (Fsp3) is 0.485. The highest BCUT2D eigenvalue weighted by atomic mass is 19.3. The maximum atomic E-state index is 13.1. The molecular weight excluding hydrogens is 622 g/mol. The first kappa shape index (κ1) is 34.4. The van der Waals surface area contributed by atoms with E-state index < -0.39 is 48.9 Å². The molecule has 3 aromatic rings. The number of aliphatic hydroxyl groups excluding tert-OH is 3. The largest absolute Gasteiger partial charge is 0.487 e. The minimum Gasteiger partial charge on any atom is -0.487 e. The van der Waals surface area contributed by atoms with E-state index >= 15 is 0 Å². The van der Waals surface area contributed by atoms with Gasteiger partial charge in [0.1, 0.15) is 23.9 Å². The van der Waals surface area contributed by atoms with E-state index in [9.17, 15) is 34.0 Å². The molecular formula is C33H38F2N2O10. The van der Waals surface area contributed by atoms with Crippen LogP contribution in [0.2, 0.25) is 0 Å². The summed E-state index contributed by atoms with van der Waals surface area (Å²) in [6, 6.07) is 11.6. The molecule has 1 aliphatic heterocycles. The monoisotopic (exact) mass is 660 g/mol. The molecule has 254 valence electrons. The zero-order valence-electron chi connectivity index (χ0n) is 26.0. The number of hydrogen-bond donors (Lipinski definition) is 4. The summed E-state index contributed by atoms with van der Waals surface area (Å²) < 4.78 is 52.8. The standard InChI is InChI=1S/C33H38F2N2O10/c1-4-43-30(41)29-27(39)26(38)28(40)31(47-29)46-25-12-5-17(15-37-25)13-21(19-7-11-24(36-16-19)33(2,3)42)18-6-10-22(45-32(34)35)23(14-18)44-20-8-9-20/h5-7,10-12,14-16,20-21,26-29,31-32,38-40,42H,4,8-9,13H2,1-3H3/t21-,26+,27-,28?,29?,31+/m0/s1. The van der Waals surface area contributed by atoms with Crippen molar-refractivity contribution < 1.29 is 57.7 Å². The van der Waals surface area contributed by atoms with E-state index in [1.165, 1.54) is 18.3 Å². The summed E-state index contributed by atoms with van der Waals surface area (Å²) in [5.41, 5.74) is 1.55. The lowest BCUT2D eigenvalue weighted by atomic mass is 9.86. The summed E-state index contributed by atoms with van der Waals surface area (Å²) in [5.74, 6) is -1.14. The van der Waals surface area contributed by atoms with Crippen LogP contribution in [0.1, 0.15) is 61.9 Å². The van der Waals surface area contributed by atoms with Crippen LogP contribution in [-0.2, 0) is 26.3 Å².